The van der Waals surface area contributed by atoms with Crippen LogP contribution in [0, 0.1) is 0 Å². The second kappa shape index (κ2) is 7.13. The van der Waals surface area contributed by atoms with Crippen LogP contribution in [0.1, 0.15) is 0 Å². The van der Waals surface area contributed by atoms with Crippen molar-refractivity contribution in [3.63, 3.8) is 0 Å². The van der Waals surface area contributed by atoms with Gasteiger partial charge in [-0.25, -0.2) is 4.68 Å². The monoisotopic (exact) mass is 426 g/mol. The summed E-state index contributed by atoms with van der Waals surface area (Å²) in [6.45, 7) is 0. The number of aromatic amines is 1. The van der Waals surface area contributed by atoms with Gasteiger partial charge in [0.25, 0.3) is 15.7 Å². The average molecular weight is 426 g/mol. The smallest absolute Gasteiger partial charge is 0.296 e. The van der Waals surface area contributed by atoms with Gasteiger partial charge in [-0.1, -0.05) is 42.5 Å². The van der Waals surface area contributed by atoms with Crippen molar-refractivity contribution in [3.8, 4) is 17.3 Å². The first-order valence-electron chi connectivity index (χ1n) is 8.50. The largest absolute Gasteiger partial charge is 0.506 e. The summed E-state index contributed by atoms with van der Waals surface area (Å²) in [4.78, 5) is 11.7. The van der Waals surface area contributed by atoms with Crippen molar-refractivity contribution >= 4 is 32.3 Å². The zero-order valence-electron chi connectivity index (χ0n) is 15.1. The topological polar surface area (TPSA) is 157 Å². The maximum Gasteiger partial charge on any atom is 0.296 e. The zero-order chi connectivity index (χ0) is 21.5. The van der Waals surface area contributed by atoms with Crippen LogP contribution in [-0.4, -0.2) is 33.0 Å². The molecule has 0 aliphatic heterocycles. The average Bonchev–Trinajstić information content (AvgIpc) is 3.00. The minimum absolute atomic E-state index is 0.103. The number of nitrogens with zero attached hydrogens (tertiary/aromatic N) is 3. The van der Waals surface area contributed by atoms with E-state index >= 15 is 0 Å². The van der Waals surface area contributed by atoms with Gasteiger partial charge in [0, 0.05) is 16.8 Å². The van der Waals surface area contributed by atoms with Gasteiger partial charge < -0.3 is 10.2 Å². The first-order chi connectivity index (χ1) is 14.3. The van der Waals surface area contributed by atoms with Crippen LogP contribution in [-0.2, 0) is 10.1 Å². The Morgan fingerprint density at radius 3 is 2.13 bits per heavy atom. The van der Waals surface area contributed by atoms with Crippen molar-refractivity contribution in [1.82, 2.24) is 9.78 Å². The number of rotatable bonds is 4. The molecule has 0 atom stereocenters. The number of fused-ring (bicyclic) bond motifs is 1. The van der Waals surface area contributed by atoms with Crippen LogP contribution in [0.5, 0.6) is 11.6 Å². The number of phenolic OH excluding ortho intramolecular Hbond substituents is 1. The molecule has 0 aliphatic carbocycles. The van der Waals surface area contributed by atoms with Crippen LogP contribution in [0.3, 0.4) is 0 Å². The van der Waals surface area contributed by atoms with Gasteiger partial charge in [0.15, 0.2) is 0 Å². The maximum atomic E-state index is 12.2. The maximum absolute atomic E-state index is 12.2. The Balaban J connectivity index is 1.86. The van der Waals surface area contributed by atoms with Gasteiger partial charge in [0.1, 0.15) is 16.3 Å². The Hall–Kier alpha value is -3.96. The van der Waals surface area contributed by atoms with Crippen LogP contribution < -0.4 is 5.56 Å². The molecule has 1 heterocycles. The zero-order valence-corrected chi connectivity index (χ0v) is 15.9. The normalized spacial score (nSPS) is 12.0. The molecule has 0 saturated heterocycles. The third kappa shape index (κ3) is 3.32. The van der Waals surface area contributed by atoms with Gasteiger partial charge in [-0.15, -0.1) is 10.2 Å². The van der Waals surface area contributed by atoms with Gasteiger partial charge in [-0.3, -0.25) is 14.4 Å². The van der Waals surface area contributed by atoms with E-state index in [2.05, 4.69) is 15.3 Å². The van der Waals surface area contributed by atoms with E-state index in [4.69, 9.17) is 0 Å². The fraction of sp³-hybridized carbons (Fsp3) is 0. The van der Waals surface area contributed by atoms with Crippen LogP contribution in [0.25, 0.3) is 16.5 Å². The standard InChI is InChI=1S/C19H14N4O6S/c24-14-10-15(30(27,28)29)12-8-4-5-9-13(12)16(14)20-21-17-18(25)22-23(19(17)26)11-6-2-1-3-7-11/h1-10,24,26H,(H,22,25)(H,27,28,29). The van der Waals surface area contributed by atoms with Crippen LogP contribution in [0.15, 0.2) is 80.6 Å². The lowest BCUT2D eigenvalue weighted by molar-refractivity contribution is 0.434. The number of aromatic nitrogens is 2. The lowest BCUT2D eigenvalue weighted by Crippen LogP contribution is -2.03. The molecule has 4 aromatic rings. The van der Waals surface area contributed by atoms with E-state index in [9.17, 15) is 28.0 Å². The van der Waals surface area contributed by atoms with Gasteiger partial charge >= 0.3 is 0 Å². The highest BCUT2D eigenvalue weighted by Gasteiger charge is 2.20. The number of aromatic hydroxyl groups is 2. The summed E-state index contributed by atoms with van der Waals surface area (Å²) in [5, 5.41) is 31.0. The summed E-state index contributed by atoms with van der Waals surface area (Å²) in [5.41, 5.74) is -0.775. The number of nitrogens with one attached hydrogen (secondary N) is 1. The summed E-state index contributed by atoms with van der Waals surface area (Å²) < 4.78 is 33.8. The van der Waals surface area contributed by atoms with Crippen molar-refractivity contribution in [3.05, 3.63) is 71.0 Å². The van der Waals surface area contributed by atoms with Crippen molar-refractivity contribution < 1.29 is 23.2 Å². The Labute approximate surface area is 169 Å². The number of H-pyrrole nitrogens is 1. The van der Waals surface area contributed by atoms with Gasteiger partial charge in [0.05, 0.1) is 5.69 Å². The molecule has 0 amide bonds. The highest BCUT2D eigenvalue weighted by atomic mass is 32.2. The second-order valence-corrected chi connectivity index (χ2v) is 7.64. The minimum Gasteiger partial charge on any atom is -0.506 e. The molecule has 0 radical (unpaired) electrons. The fourth-order valence-corrected chi connectivity index (χ4v) is 3.72. The number of phenols is 1. The third-order valence-corrected chi connectivity index (χ3v) is 5.25. The van der Waals surface area contributed by atoms with Gasteiger partial charge in [-0.2, -0.15) is 8.42 Å². The van der Waals surface area contributed by atoms with E-state index in [1.165, 1.54) is 12.1 Å². The molecule has 0 spiro atoms. The lowest BCUT2D eigenvalue weighted by atomic mass is 10.1. The van der Waals surface area contributed by atoms with Crippen LogP contribution in [0.2, 0.25) is 0 Å². The molecule has 0 bridgehead atoms. The SMILES string of the molecule is O=c1[nH]n(-c2ccccc2)c(O)c1N=Nc1c(O)cc(S(=O)(=O)O)c2ccccc12. The quantitative estimate of drug-likeness (QED) is 0.289. The highest BCUT2D eigenvalue weighted by molar-refractivity contribution is 7.86. The Bertz CT molecular complexity index is 1460. The molecule has 3 aromatic carbocycles. The predicted molar refractivity (Wildman–Crippen MR) is 108 cm³/mol. The third-order valence-electron chi connectivity index (χ3n) is 4.35. The molecule has 0 aliphatic rings. The van der Waals surface area contributed by atoms with Crippen LogP contribution in [0.4, 0.5) is 11.4 Å². The molecule has 1 aromatic heterocycles. The number of para-hydroxylation sites is 1. The summed E-state index contributed by atoms with van der Waals surface area (Å²) in [6.07, 6.45) is 0. The van der Waals surface area contributed by atoms with Crippen molar-refractivity contribution in [2.45, 2.75) is 4.90 Å². The highest BCUT2D eigenvalue weighted by Crippen LogP contribution is 2.40. The number of azo groups is 1. The van der Waals surface area contributed by atoms with E-state index in [0.29, 0.717) is 5.69 Å². The molecule has 0 saturated carbocycles. The molecule has 4 N–H and O–H groups in total. The second-order valence-electron chi connectivity index (χ2n) is 6.25. The molecular weight excluding hydrogens is 412 g/mol. The predicted octanol–water partition coefficient (Wildman–Crippen LogP) is 3.39. The summed E-state index contributed by atoms with van der Waals surface area (Å²) in [7, 11) is -4.61. The van der Waals surface area contributed by atoms with E-state index < -0.39 is 37.9 Å². The first-order valence-corrected chi connectivity index (χ1v) is 9.94. The summed E-state index contributed by atoms with van der Waals surface area (Å²) in [5.74, 6) is -1.07. The fourth-order valence-electron chi connectivity index (χ4n) is 3.00. The number of benzene rings is 3. The molecule has 30 heavy (non-hydrogen) atoms. The molecule has 4 rings (SSSR count). The van der Waals surface area contributed by atoms with Crippen molar-refractivity contribution in [1.29, 1.82) is 0 Å². The minimum atomic E-state index is -4.61. The van der Waals surface area contributed by atoms with Crippen molar-refractivity contribution in [2.75, 3.05) is 0 Å². The molecule has 0 unspecified atom stereocenters. The van der Waals surface area contributed by atoms with E-state index in [1.54, 1.807) is 42.5 Å². The van der Waals surface area contributed by atoms with E-state index in [-0.39, 0.29) is 16.5 Å². The molecule has 11 heteroatoms. The molecular formula is C19H14N4O6S. The van der Waals surface area contributed by atoms with Gasteiger partial charge in [-0.05, 0) is 12.1 Å². The lowest BCUT2D eigenvalue weighted by Gasteiger charge is -2.08. The van der Waals surface area contributed by atoms with Crippen LogP contribution >= 0.6 is 0 Å². The van der Waals surface area contributed by atoms with E-state index in [1.807, 2.05) is 0 Å². The molecule has 152 valence electrons. The Kier molecular flexibility index (Phi) is 4.60. The van der Waals surface area contributed by atoms with Crippen molar-refractivity contribution in [2.24, 2.45) is 10.2 Å². The summed E-state index contributed by atoms with van der Waals surface area (Å²) >= 11 is 0. The number of hydrogen-bond acceptors (Lipinski definition) is 7. The number of hydrogen-bond donors (Lipinski definition) is 4. The molecule has 10 nitrogen and oxygen atoms in total. The van der Waals surface area contributed by atoms with E-state index in [0.717, 1.165) is 10.7 Å². The summed E-state index contributed by atoms with van der Waals surface area (Å²) in [6, 6.07) is 15.4. The first kappa shape index (κ1) is 19.4. The van der Waals surface area contributed by atoms with Gasteiger partial charge in [0.2, 0.25) is 11.6 Å². The Morgan fingerprint density at radius 1 is 0.867 bits per heavy atom. The molecule has 0 fully saturated rings. The Morgan fingerprint density at radius 2 is 1.47 bits per heavy atom.